The summed E-state index contributed by atoms with van der Waals surface area (Å²) >= 11 is 0. The van der Waals surface area contributed by atoms with E-state index in [1.165, 1.54) is 0 Å². The quantitative estimate of drug-likeness (QED) is 0.749. The first-order chi connectivity index (χ1) is 7.19. The zero-order valence-electron chi connectivity index (χ0n) is 9.61. The minimum atomic E-state index is -0.644. The van der Waals surface area contributed by atoms with Crippen molar-refractivity contribution >= 4 is 5.97 Å². The summed E-state index contributed by atoms with van der Waals surface area (Å²) in [4.78, 5) is 13.1. The molecular weight excluding hydrogens is 194 g/mol. The van der Waals surface area contributed by atoms with Crippen molar-refractivity contribution in [3.05, 3.63) is 0 Å². The van der Waals surface area contributed by atoms with Crippen LogP contribution in [0.4, 0.5) is 0 Å². The van der Waals surface area contributed by atoms with Crippen molar-refractivity contribution in [3.8, 4) is 0 Å². The molecule has 0 spiro atoms. The Labute approximate surface area is 91.2 Å². The molecule has 15 heavy (non-hydrogen) atoms. The van der Waals surface area contributed by atoms with Crippen LogP contribution in [-0.2, 0) is 9.53 Å². The summed E-state index contributed by atoms with van der Waals surface area (Å²) in [5.74, 6) is -0.782. The molecule has 4 heteroatoms. The lowest BCUT2D eigenvalue weighted by Gasteiger charge is -2.35. The van der Waals surface area contributed by atoms with Gasteiger partial charge in [0.15, 0.2) is 0 Å². The molecule has 0 aliphatic carbocycles. The van der Waals surface area contributed by atoms with E-state index in [0.29, 0.717) is 6.04 Å². The fourth-order valence-electron chi connectivity index (χ4n) is 2.19. The van der Waals surface area contributed by atoms with Gasteiger partial charge in [-0.05, 0) is 32.4 Å². The van der Waals surface area contributed by atoms with E-state index in [1.54, 1.807) is 7.11 Å². The normalized spacial score (nSPS) is 21.5. The molecule has 88 valence electrons. The Morgan fingerprint density at radius 2 is 2.13 bits per heavy atom. The van der Waals surface area contributed by atoms with Crippen LogP contribution in [0.15, 0.2) is 0 Å². The largest absolute Gasteiger partial charge is 0.481 e. The second kappa shape index (κ2) is 6.08. The second-order valence-electron chi connectivity index (χ2n) is 4.17. The number of aliphatic carboxylic acids is 1. The second-order valence-corrected chi connectivity index (χ2v) is 4.17. The Hall–Kier alpha value is -0.610. The maximum absolute atomic E-state index is 10.8. The summed E-state index contributed by atoms with van der Waals surface area (Å²) in [5, 5.41) is 8.88. The van der Waals surface area contributed by atoms with Gasteiger partial charge in [0.25, 0.3) is 0 Å². The van der Waals surface area contributed by atoms with Crippen molar-refractivity contribution in [1.29, 1.82) is 0 Å². The van der Waals surface area contributed by atoms with E-state index in [9.17, 15) is 4.79 Å². The maximum Gasteiger partial charge on any atom is 0.306 e. The number of piperidine rings is 1. The van der Waals surface area contributed by atoms with Gasteiger partial charge < -0.3 is 9.84 Å². The Bertz CT molecular complexity index is 200. The number of methoxy groups -OCH3 is 1. The molecule has 1 N–H and O–H groups in total. The van der Waals surface area contributed by atoms with Crippen molar-refractivity contribution in [3.63, 3.8) is 0 Å². The van der Waals surface area contributed by atoms with Gasteiger partial charge in [0, 0.05) is 13.2 Å². The lowest BCUT2D eigenvalue weighted by molar-refractivity contribution is -0.143. The molecule has 1 atom stereocenters. The van der Waals surface area contributed by atoms with E-state index in [-0.39, 0.29) is 5.92 Å². The van der Waals surface area contributed by atoms with Crippen LogP contribution in [-0.4, -0.2) is 48.8 Å². The van der Waals surface area contributed by atoms with Gasteiger partial charge in [-0.1, -0.05) is 6.92 Å². The highest BCUT2D eigenvalue weighted by Gasteiger charge is 2.27. The molecule has 4 nitrogen and oxygen atoms in total. The Morgan fingerprint density at radius 1 is 1.53 bits per heavy atom. The van der Waals surface area contributed by atoms with Gasteiger partial charge in [0.05, 0.1) is 12.5 Å². The van der Waals surface area contributed by atoms with E-state index in [0.717, 1.165) is 39.0 Å². The summed E-state index contributed by atoms with van der Waals surface area (Å²) in [7, 11) is 1.71. The lowest BCUT2D eigenvalue weighted by Crippen LogP contribution is -2.44. The van der Waals surface area contributed by atoms with Crippen LogP contribution in [0.1, 0.15) is 26.2 Å². The Balaban J connectivity index is 2.38. The average Bonchev–Trinajstić information content (AvgIpc) is 2.26. The first-order valence-corrected chi connectivity index (χ1v) is 5.64. The molecule has 0 saturated carbocycles. The highest BCUT2D eigenvalue weighted by Crippen LogP contribution is 2.20. The summed E-state index contributed by atoms with van der Waals surface area (Å²) in [6.45, 7) is 4.67. The molecule has 1 saturated heterocycles. The van der Waals surface area contributed by atoms with E-state index in [2.05, 4.69) is 11.8 Å². The van der Waals surface area contributed by atoms with Crippen molar-refractivity contribution in [1.82, 2.24) is 4.90 Å². The number of nitrogens with zero attached hydrogens (tertiary/aromatic N) is 1. The van der Waals surface area contributed by atoms with E-state index in [1.807, 2.05) is 0 Å². The number of carboxylic acids is 1. The van der Waals surface area contributed by atoms with Gasteiger partial charge in [-0.15, -0.1) is 0 Å². The molecule has 1 rings (SSSR count). The number of likely N-dealkylation sites (tertiary alicyclic amines) is 1. The number of carboxylic acid groups (broad SMARTS) is 1. The van der Waals surface area contributed by atoms with Gasteiger partial charge in [0.2, 0.25) is 0 Å². The van der Waals surface area contributed by atoms with Gasteiger partial charge in [-0.2, -0.15) is 0 Å². The molecule has 1 fully saturated rings. The average molecular weight is 215 g/mol. The van der Waals surface area contributed by atoms with Crippen LogP contribution in [0.2, 0.25) is 0 Å². The van der Waals surface area contributed by atoms with Crippen LogP contribution < -0.4 is 0 Å². The summed E-state index contributed by atoms with van der Waals surface area (Å²) < 4.78 is 5.16. The van der Waals surface area contributed by atoms with E-state index >= 15 is 0 Å². The third-order valence-electron chi connectivity index (χ3n) is 3.23. The fraction of sp³-hybridized carbons (Fsp3) is 0.909. The molecule has 0 aromatic heterocycles. The summed E-state index contributed by atoms with van der Waals surface area (Å²) in [6, 6.07) is 0.449. The minimum absolute atomic E-state index is 0.138. The van der Waals surface area contributed by atoms with Crippen LogP contribution in [0.3, 0.4) is 0 Å². The topological polar surface area (TPSA) is 49.8 Å². The predicted octanol–water partition coefficient (Wildman–Crippen LogP) is 1.21. The third-order valence-corrected chi connectivity index (χ3v) is 3.23. The van der Waals surface area contributed by atoms with Gasteiger partial charge in [-0.3, -0.25) is 9.69 Å². The number of hydrogen-bond acceptors (Lipinski definition) is 3. The number of ether oxygens (including phenoxy) is 1. The molecule has 0 radical (unpaired) electrons. The monoisotopic (exact) mass is 215 g/mol. The molecule has 1 aliphatic heterocycles. The highest BCUT2D eigenvalue weighted by atomic mass is 16.5. The number of rotatable bonds is 5. The summed E-state index contributed by atoms with van der Waals surface area (Å²) in [6.07, 6.45) is 2.61. The summed E-state index contributed by atoms with van der Waals surface area (Å²) in [5.41, 5.74) is 0. The third kappa shape index (κ3) is 3.47. The zero-order valence-corrected chi connectivity index (χ0v) is 9.61. The first kappa shape index (κ1) is 12.5. The van der Waals surface area contributed by atoms with Crippen LogP contribution in [0.25, 0.3) is 0 Å². The first-order valence-electron chi connectivity index (χ1n) is 5.64. The molecule has 0 aromatic rings. The van der Waals surface area contributed by atoms with Gasteiger partial charge >= 0.3 is 5.97 Å². The van der Waals surface area contributed by atoms with Crippen molar-refractivity contribution < 1.29 is 14.6 Å². The number of hydrogen-bond donors (Lipinski definition) is 1. The zero-order chi connectivity index (χ0) is 11.3. The molecule has 0 bridgehead atoms. The van der Waals surface area contributed by atoms with Crippen LogP contribution in [0, 0.1) is 5.92 Å². The van der Waals surface area contributed by atoms with Crippen LogP contribution in [0.5, 0.6) is 0 Å². The molecule has 1 aliphatic rings. The molecule has 0 aromatic carbocycles. The van der Waals surface area contributed by atoms with Crippen molar-refractivity contribution in [2.75, 3.05) is 26.8 Å². The molecule has 1 heterocycles. The molecular formula is C11H21NO3. The predicted molar refractivity (Wildman–Crippen MR) is 57.9 cm³/mol. The van der Waals surface area contributed by atoms with E-state index < -0.39 is 5.97 Å². The lowest BCUT2D eigenvalue weighted by atomic mass is 9.95. The van der Waals surface area contributed by atoms with Gasteiger partial charge in [0.1, 0.15) is 0 Å². The molecule has 0 amide bonds. The van der Waals surface area contributed by atoms with Crippen molar-refractivity contribution in [2.45, 2.75) is 32.2 Å². The number of carbonyl (C=O) groups is 1. The maximum atomic E-state index is 10.8. The Morgan fingerprint density at radius 3 is 2.53 bits per heavy atom. The fourth-order valence-corrected chi connectivity index (χ4v) is 2.19. The standard InChI is InChI=1S/C11H21NO3/c1-3-10(8-15-2)12-6-4-9(5-7-12)11(13)14/h9-10H,3-8H2,1-2H3,(H,13,14). The van der Waals surface area contributed by atoms with Gasteiger partial charge in [-0.25, -0.2) is 0 Å². The minimum Gasteiger partial charge on any atom is -0.481 e. The highest BCUT2D eigenvalue weighted by molar-refractivity contribution is 5.70. The Kier molecular flexibility index (Phi) is 5.05. The van der Waals surface area contributed by atoms with Crippen molar-refractivity contribution in [2.24, 2.45) is 5.92 Å². The molecule has 1 unspecified atom stereocenters. The van der Waals surface area contributed by atoms with E-state index in [4.69, 9.17) is 9.84 Å². The smallest absolute Gasteiger partial charge is 0.306 e. The van der Waals surface area contributed by atoms with Crippen LogP contribution >= 0.6 is 0 Å². The SMILES string of the molecule is CCC(COC)N1CCC(C(=O)O)CC1.